The molecule has 0 bridgehead atoms. The van der Waals surface area contributed by atoms with Crippen LogP contribution < -0.4 is 0 Å². The number of hydrogen-bond donors (Lipinski definition) is 0. The molecule has 14 valence electrons. The van der Waals surface area contributed by atoms with Gasteiger partial charge in [0.1, 0.15) is 0 Å². The molecular formula is H4ClLi3. The fourth-order valence-electron chi connectivity index (χ4n) is 0. The average molecular weight is 60.3 g/mol. The predicted molar refractivity (Wildman–Crippen MR) is 28.7 cm³/mol. The zero-order chi connectivity index (χ0) is 0. The molecule has 0 amide bonds. The summed E-state index contributed by atoms with van der Waals surface area (Å²) in [6.45, 7) is 0. The summed E-state index contributed by atoms with van der Waals surface area (Å²) in [4.78, 5) is 0. The van der Waals surface area contributed by atoms with Crippen LogP contribution in [0.2, 0.25) is 0 Å². The molecule has 0 aliphatic heterocycles. The third-order valence-corrected chi connectivity index (χ3v) is 0. The average Bonchev–Trinajstić information content (AvgIpc) is 0. The van der Waals surface area contributed by atoms with Crippen LogP contribution in [0.15, 0.2) is 0 Å². The molecule has 0 spiro atoms. The van der Waals surface area contributed by atoms with Crippen molar-refractivity contribution in [3.05, 3.63) is 0 Å². The van der Waals surface area contributed by atoms with Crippen molar-refractivity contribution in [2.75, 3.05) is 0 Å². The van der Waals surface area contributed by atoms with Crippen LogP contribution in [0.25, 0.3) is 0 Å². The molecule has 4 heteroatoms. The third-order valence-electron chi connectivity index (χ3n) is 0. The molecule has 0 aliphatic carbocycles. The zero-order valence-corrected chi connectivity index (χ0v) is 1.22. The van der Waals surface area contributed by atoms with Crippen LogP contribution in [0, 0.1) is 0 Å². The normalized spacial score (nSPS) is 0. The molecule has 0 aromatic rings. The molecule has 0 unspecified atom stereocenters. The van der Waals surface area contributed by atoms with Gasteiger partial charge in [-0.05, 0) is 0 Å². The molecule has 0 atom stereocenters. The maximum atomic E-state index is 0. The summed E-state index contributed by atoms with van der Waals surface area (Å²) in [5.74, 6) is 0. The molecule has 0 fully saturated rings. The topological polar surface area (TPSA) is 0 Å². The Kier molecular flexibility index (Phi) is 177. The van der Waals surface area contributed by atoms with Crippen LogP contribution in [0.5, 0.6) is 0 Å². The van der Waals surface area contributed by atoms with Gasteiger partial charge in [0.05, 0.1) is 0 Å². The molecule has 0 saturated carbocycles. The standard InChI is InChI=1S/ClH.3Li.3H/h1H;;;;;;. The summed E-state index contributed by atoms with van der Waals surface area (Å²) < 4.78 is 0. The van der Waals surface area contributed by atoms with E-state index in [0.29, 0.717) is 0 Å². The molecule has 0 N–H and O–H groups in total. The van der Waals surface area contributed by atoms with Crippen molar-refractivity contribution < 1.29 is 0 Å². The van der Waals surface area contributed by atoms with E-state index in [1.165, 1.54) is 0 Å². The fraction of sp³-hybridized carbons (Fsp3) is 0. The minimum atomic E-state index is 0. The van der Waals surface area contributed by atoms with Crippen LogP contribution >= 0.6 is 12.4 Å². The molecule has 0 heterocycles. The van der Waals surface area contributed by atoms with Crippen molar-refractivity contribution in [3.8, 4) is 0 Å². The van der Waals surface area contributed by atoms with Crippen LogP contribution in [0.3, 0.4) is 0 Å². The molecule has 0 saturated heterocycles. The number of hydrogen-bond acceptors (Lipinski definition) is 0. The molecule has 0 aromatic heterocycles. The molecule has 0 nitrogen and oxygen atoms in total. The molecule has 0 aromatic carbocycles. The Balaban J connectivity index is 0. The van der Waals surface area contributed by atoms with E-state index in [1.54, 1.807) is 0 Å². The Morgan fingerprint density at radius 3 is 0.500 bits per heavy atom. The van der Waals surface area contributed by atoms with Gasteiger partial charge in [-0.2, -0.15) is 0 Å². The monoisotopic (exact) mass is 60.0 g/mol. The van der Waals surface area contributed by atoms with Crippen LogP contribution in [-0.2, 0) is 0 Å². The summed E-state index contributed by atoms with van der Waals surface area (Å²) >= 11 is 0. The van der Waals surface area contributed by atoms with Gasteiger partial charge in [0, 0.05) is 0 Å². The van der Waals surface area contributed by atoms with E-state index in [2.05, 4.69) is 0 Å². The van der Waals surface area contributed by atoms with E-state index in [9.17, 15) is 0 Å². The van der Waals surface area contributed by atoms with E-state index in [-0.39, 0.29) is 69.0 Å². The van der Waals surface area contributed by atoms with E-state index in [4.69, 9.17) is 0 Å². The van der Waals surface area contributed by atoms with Crippen LogP contribution in [-0.4, -0.2) is 56.6 Å². The second-order valence-electron chi connectivity index (χ2n) is 0. The predicted octanol–water partition coefficient (Wildman–Crippen LogP) is -1.52. The summed E-state index contributed by atoms with van der Waals surface area (Å²) in [6, 6.07) is 0. The molecule has 4 heavy (non-hydrogen) atoms. The second-order valence-corrected chi connectivity index (χ2v) is 0. The van der Waals surface area contributed by atoms with Crippen molar-refractivity contribution in [1.82, 2.24) is 0 Å². The van der Waals surface area contributed by atoms with Gasteiger partial charge in [-0.3, -0.25) is 0 Å². The van der Waals surface area contributed by atoms with E-state index >= 15 is 0 Å². The van der Waals surface area contributed by atoms with Crippen molar-refractivity contribution in [3.63, 3.8) is 0 Å². The van der Waals surface area contributed by atoms with E-state index in [1.807, 2.05) is 0 Å². The SMILES string of the molecule is Cl.[LiH].[LiH].[LiH]. The Hall–Kier alpha value is 2.08. The summed E-state index contributed by atoms with van der Waals surface area (Å²) in [6.07, 6.45) is 0. The van der Waals surface area contributed by atoms with Crippen molar-refractivity contribution in [2.45, 2.75) is 0 Å². The molecular weight excluding hydrogens is 56.3 g/mol. The maximum absolute atomic E-state index is 0. The van der Waals surface area contributed by atoms with Crippen molar-refractivity contribution in [1.29, 1.82) is 0 Å². The van der Waals surface area contributed by atoms with E-state index in [0.717, 1.165) is 0 Å². The minimum absolute atomic E-state index is 0. The number of halogens is 1. The number of rotatable bonds is 0. The summed E-state index contributed by atoms with van der Waals surface area (Å²) in [5.41, 5.74) is 0. The van der Waals surface area contributed by atoms with Crippen LogP contribution in [0.1, 0.15) is 0 Å². The Morgan fingerprint density at radius 2 is 0.500 bits per heavy atom. The fourth-order valence-corrected chi connectivity index (χ4v) is 0. The first kappa shape index (κ1) is 36.2. The van der Waals surface area contributed by atoms with Gasteiger partial charge in [0.2, 0.25) is 0 Å². The summed E-state index contributed by atoms with van der Waals surface area (Å²) in [7, 11) is 0. The van der Waals surface area contributed by atoms with Crippen molar-refractivity contribution >= 4 is 69.0 Å². The second kappa shape index (κ2) is 19.5. The van der Waals surface area contributed by atoms with Gasteiger partial charge in [-0.15, -0.1) is 12.4 Å². The van der Waals surface area contributed by atoms with Gasteiger partial charge in [-0.1, -0.05) is 0 Å². The first-order chi connectivity index (χ1) is 0. The van der Waals surface area contributed by atoms with Gasteiger partial charge < -0.3 is 0 Å². The third kappa shape index (κ3) is 8.94. The Labute approximate surface area is 68.4 Å². The zero-order valence-electron chi connectivity index (χ0n) is 0.408. The van der Waals surface area contributed by atoms with Gasteiger partial charge in [-0.25, -0.2) is 0 Å². The Morgan fingerprint density at radius 1 is 0.500 bits per heavy atom. The Bertz CT molecular complexity index is 3.25. The molecule has 0 aliphatic rings. The van der Waals surface area contributed by atoms with Gasteiger partial charge in [0.15, 0.2) is 0 Å². The summed E-state index contributed by atoms with van der Waals surface area (Å²) in [5, 5.41) is 0. The molecule has 0 rings (SSSR count). The van der Waals surface area contributed by atoms with Gasteiger partial charge >= 0.3 is 56.6 Å². The quantitative estimate of drug-likeness (QED) is 0.298. The van der Waals surface area contributed by atoms with E-state index < -0.39 is 0 Å². The van der Waals surface area contributed by atoms with Crippen LogP contribution in [0.4, 0.5) is 0 Å². The molecule has 0 radical (unpaired) electrons. The van der Waals surface area contributed by atoms with Crippen molar-refractivity contribution in [2.24, 2.45) is 0 Å². The first-order valence-corrected chi connectivity index (χ1v) is 0. The van der Waals surface area contributed by atoms with Gasteiger partial charge in [0.25, 0.3) is 0 Å². The first-order valence-electron chi connectivity index (χ1n) is 0.